The van der Waals surface area contributed by atoms with Crippen LogP contribution >= 0.6 is 11.3 Å². The minimum absolute atomic E-state index is 0.0109. The fourth-order valence-electron chi connectivity index (χ4n) is 3.54. The van der Waals surface area contributed by atoms with Gasteiger partial charge < -0.3 is 9.64 Å². The summed E-state index contributed by atoms with van der Waals surface area (Å²) in [5.74, 6) is 1.09. The maximum absolute atomic E-state index is 13.3. The Labute approximate surface area is 157 Å². The smallest absolute Gasteiger partial charge is 0.307 e. The van der Waals surface area contributed by atoms with E-state index in [0.717, 1.165) is 29.5 Å². The zero-order valence-corrected chi connectivity index (χ0v) is 16.8. The first-order valence-electron chi connectivity index (χ1n) is 9.25. The molecule has 0 radical (unpaired) electrons. The number of carbonyl (C=O) groups is 1. The van der Waals surface area contributed by atoms with E-state index in [-0.39, 0.29) is 17.9 Å². The summed E-state index contributed by atoms with van der Waals surface area (Å²) in [5.41, 5.74) is 1.17. The molecule has 6 nitrogen and oxygen atoms in total. The van der Waals surface area contributed by atoms with Crippen molar-refractivity contribution in [3.63, 3.8) is 0 Å². The van der Waals surface area contributed by atoms with Gasteiger partial charge in [-0.05, 0) is 51.8 Å². The summed E-state index contributed by atoms with van der Waals surface area (Å²) >= 11 is 1.67. The van der Waals surface area contributed by atoms with Gasteiger partial charge in [0.05, 0.1) is 25.0 Å². The van der Waals surface area contributed by atoms with E-state index in [1.807, 2.05) is 19.0 Å². The maximum atomic E-state index is 13.3. The topological polar surface area (TPSA) is 64.4 Å². The molecule has 2 heterocycles. The fraction of sp³-hybridized carbons (Fsp3) is 0.632. The maximum Gasteiger partial charge on any atom is 0.307 e. The van der Waals surface area contributed by atoms with Crippen molar-refractivity contribution < 1.29 is 9.53 Å². The summed E-state index contributed by atoms with van der Waals surface area (Å²) in [4.78, 5) is 34.0. The molecule has 142 valence electrons. The number of carbonyl (C=O) groups excluding carboxylic acids is 1. The third-order valence-electron chi connectivity index (χ3n) is 4.80. The molecule has 0 saturated carbocycles. The van der Waals surface area contributed by atoms with Crippen molar-refractivity contribution in [2.45, 2.75) is 52.6 Å². The molecule has 1 atom stereocenters. The van der Waals surface area contributed by atoms with E-state index in [9.17, 15) is 9.59 Å². The predicted molar refractivity (Wildman–Crippen MR) is 104 cm³/mol. The molecule has 3 rings (SSSR count). The van der Waals surface area contributed by atoms with Gasteiger partial charge in [-0.1, -0.05) is 6.92 Å². The molecular formula is C19H27N3O3S. The monoisotopic (exact) mass is 377 g/mol. The van der Waals surface area contributed by atoms with Crippen molar-refractivity contribution in [1.82, 2.24) is 14.5 Å². The van der Waals surface area contributed by atoms with E-state index >= 15 is 0 Å². The molecule has 1 aliphatic rings. The number of nitrogens with zero attached hydrogens (tertiary/aromatic N) is 3. The summed E-state index contributed by atoms with van der Waals surface area (Å²) in [6, 6.07) is 0. The van der Waals surface area contributed by atoms with Crippen LogP contribution in [0.3, 0.4) is 0 Å². The molecule has 7 heteroatoms. The van der Waals surface area contributed by atoms with Gasteiger partial charge in [0.1, 0.15) is 10.7 Å². The number of fused-ring (bicyclic) bond motifs is 3. The number of hydrogen-bond acceptors (Lipinski definition) is 6. The van der Waals surface area contributed by atoms with Crippen LogP contribution in [-0.4, -0.2) is 41.1 Å². The number of aryl methyl sites for hydroxylation is 1. The minimum Gasteiger partial charge on any atom is -0.466 e. The lowest BCUT2D eigenvalue weighted by Crippen LogP contribution is -2.29. The van der Waals surface area contributed by atoms with Crippen LogP contribution in [0.5, 0.6) is 0 Å². The van der Waals surface area contributed by atoms with Crippen LogP contribution in [0, 0.1) is 5.92 Å². The van der Waals surface area contributed by atoms with Crippen LogP contribution in [0.25, 0.3) is 10.2 Å². The number of hydrogen-bond donors (Lipinski definition) is 0. The second-order valence-corrected chi connectivity index (χ2v) is 8.39. The highest BCUT2D eigenvalue weighted by Crippen LogP contribution is 2.35. The molecular weight excluding hydrogens is 350 g/mol. The first kappa shape index (κ1) is 19.0. The van der Waals surface area contributed by atoms with Gasteiger partial charge >= 0.3 is 5.97 Å². The van der Waals surface area contributed by atoms with E-state index < -0.39 is 0 Å². The molecule has 26 heavy (non-hydrogen) atoms. The number of thiophene rings is 1. The number of esters is 1. The van der Waals surface area contributed by atoms with Crippen molar-refractivity contribution in [1.29, 1.82) is 0 Å². The largest absolute Gasteiger partial charge is 0.466 e. The van der Waals surface area contributed by atoms with Crippen LogP contribution in [0.2, 0.25) is 0 Å². The second-order valence-electron chi connectivity index (χ2n) is 7.31. The first-order chi connectivity index (χ1) is 12.4. The van der Waals surface area contributed by atoms with E-state index in [4.69, 9.17) is 9.72 Å². The highest BCUT2D eigenvalue weighted by Gasteiger charge is 2.24. The van der Waals surface area contributed by atoms with Gasteiger partial charge in [-0.25, -0.2) is 4.98 Å². The average Bonchev–Trinajstić information content (AvgIpc) is 2.91. The normalized spacial score (nSPS) is 16.9. The second kappa shape index (κ2) is 7.88. The van der Waals surface area contributed by atoms with Crippen molar-refractivity contribution in [3.8, 4) is 0 Å². The lowest BCUT2D eigenvalue weighted by Gasteiger charge is -2.18. The molecule has 2 aromatic heterocycles. The van der Waals surface area contributed by atoms with E-state index in [1.54, 1.807) is 22.8 Å². The highest BCUT2D eigenvalue weighted by atomic mass is 32.1. The van der Waals surface area contributed by atoms with Gasteiger partial charge in [0.15, 0.2) is 0 Å². The Morgan fingerprint density at radius 2 is 2.19 bits per heavy atom. The molecule has 0 N–H and O–H groups in total. The summed E-state index contributed by atoms with van der Waals surface area (Å²) in [5, 5.41) is 0.767. The third kappa shape index (κ3) is 3.83. The van der Waals surface area contributed by atoms with Crippen LogP contribution in [0.4, 0.5) is 0 Å². The van der Waals surface area contributed by atoms with Gasteiger partial charge in [-0.15, -0.1) is 11.3 Å². The molecule has 2 aromatic rings. The SMILES string of the molecule is CCOC(=O)CCn1c(CN(C)C)nc2sc3c(c2c1=O)CCC(C)C3. The van der Waals surface area contributed by atoms with Crippen molar-refractivity contribution >= 4 is 27.5 Å². The molecule has 0 bridgehead atoms. The molecule has 1 aliphatic carbocycles. The van der Waals surface area contributed by atoms with Crippen molar-refractivity contribution in [2.75, 3.05) is 20.7 Å². The number of rotatable bonds is 6. The molecule has 0 fully saturated rings. The van der Waals surface area contributed by atoms with E-state index in [0.29, 0.717) is 31.4 Å². The number of ether oxygens (including phenoxy) is 1. The quantitative estimate of drug-likeness (QED) is 0.724. The third-order valence-corrected chi connectivity index (χ3v) is 5.95. The van der Waals surface area contributed by atoms with Crippen LogP contribution in [0.1, 0.15) is 43.0 Å². The Kier molecular flexibility index (Phi) is 5.77. The van der Waals surface area contributed by atoms with Crippen molar-refractivity contribution in [2.24, 2.45) is 5.92 Å². The predicted octanol–water partition coefficient (Wildman–Crippen LogP) is 2.60. The Balaban J connectivity index is 2.06. The lowest BCUT2D eigenvalue weighted by molar-refractivity contribution is -0.143. The lowest BCUT2D eigenvalue weighted by atomic mass is 9.89. The molecule has 0 aromatic carbocycles. The molecule has 0 spiro atoms. The Morgan fingerprint density at radius 3 is 2.88 bits per heavy atom. The van der Waals surface area contributed by atoms with Gasteiger partial charge in [-0.2, -0.15) is 0 Å². The number of aromatic nitrogens is 2. The van der Waals surface area contributed by atoms with Gasteiger partial charge in [0.2, 0.25) is 0 Å². The fourth-order valence-corrected chi connectivity index (χ4v) is 4.93. The first-order valence-corrected chi connectivity index (χ1v) is 10.1. The Hall–Kier alpha value is -1.73. The van der Waals surface area contributed by atoms with E-state index in [1.165, 1.54) is 10.4 Å². The van der Waals surface area contributed by atoms with Gasteiger partial charge in [0, 0.05) is 11.4 Å². The average molecular weight is 378 g/mol. The molecule has 1 unspecified atom stereocenters. The highest BCUT2D eigenvalue weighted by molar-refractivity contribution is 7.18. The standard InChI is InChI=1S/C19H27N3O3S/c1-5-25-16(23)8-9-22-15(11-21(3)4)20-18-17(19(22)24)13-7-6-12(2)10-14(13)26-18/h12H,5-11H2,1-4H3. The minimum atomic E-state index is -0.281. The van der Waals surface area contributed by atoms with Crippen molar-refractivity contribution in [3.05, 3.63) is 26.6 Å². The Morgan fingerprint density at radius 1 is 1.42 bits per heavy atom. The summed E-state index contributed by atoms with van der Waals surface area (Å²) in [6.45, 7) is 5.27. The van der Waals surface area contributed by atoms with Gasteiger partial charge in [0.25, 0.3) is 5.56 Å². The molecule has 0 aliphatic heterocycles. The van der Waals surface area contributed by atoms with Crippen LogP contribution in [0.15, 0.2) is 4.79 Å². The molecule has 0 amide bonds. The zero-order valence-electron chi connectivity index (χ0n) is 16.0. The summed E-state index contributed by atoms with van der Waals surface area (Å²) in [7, 11) is 3.90. The summed E-state index contributed by atoms with van der Waals surface area (Å²) in [6.07, 6.45) is 3.27. The Bertz CT molecular complexity index is 869. The van der Waals surface area contributed by atoms with Crippen LogP contribution in [-0.2, 0) is 35.5 Å². The summed E-state index contributed by atoms with van der Waals surface area (Å²) < 4.78 is 6.69. The van der Waals surface area contributed by atoms with Crippen LogP contribution < -0.4 is 5.56 Å². The zero-order chi connectivity index (χ0) is 18.8. The van der Waals surface area contributed by atoms with E-state index in [2.05, 4.69) is 6.92 Å². The molecule has 0 saturated heterocycles. The van der Waals surface area contributed by atoms with Gasteiger partial charge in [-0.3, -0.25) is 14.2 Å².